The first-order valence-corrected chi connectivity index (χ1v) is 9.30. The van der Waals surface area contributed by atoms with Gasteiger partial charge in [-0.05, 0) is 37.1 Å². The first kappa shape index (κ1) is 19.9. The molecular formula is C19H20F2N4O2S. The summed E-state index contributed by atoms with van der Waals surface area (Å²) >= 11 is 1.15. The molecule has 0 aliphatic carbocycles. The summed E-state index contributed by atoms with van der Waals surface area (Å²) in [6.07, 6.45) is 0. The number of amides is 1. The lowest BCUT2D eigenvalue weighted by Gasteiger charge is -2.16. The van der Waals surface area contributed by atoms with Gasteiger partial charge in [0.15, 0.2) is 0 Å². The molecule has 0 radical (unpaired) electrons. The van der Waals surface area contributed by atoms with Crippen molar-refractivity contribution in [2.24, 2.45) is 0 Å². The van der Waals surface area contributed by atoms with Gasteiger partial charge in [0.2, 0.25) is 0 Å². The third kappa shape index (κ3) is 3.62. The van der Waals surface area contributed by atoms with Crippen molar-refractivity contribution in [1.82, 2.24) is 15.5 Å². The summed E-state index contributed by atoms with van der Waals surface area (Å²) in [6, 6.07) is 4.41. The second kappa shape index (κ2) is 7.31. The SMILES string of the molecule is COc1ccc(CNC(=O)c2sc3nnc(C)c(C)c3c2N)cc1C(C)(F)F. The lowest BCUT2D eigenvalue weighted by Crippen LogP contribution is -2.23. The summed E-state index contributed by atoms with van der Waals surface area (Å²) in [5.41, 5.74) is 8.43. The van der Waals surface area contributed by atoms with Crippen LogP contribution in [0, 0.1) is 13.8 Å². The van der Waals surface area contributed by atoms with Crippen LogP contribution in [0.25, 0.3) is 10.2 Å². The van der Waals surface area contributed by atoms with E-state index in [4.69, 9.17) is 10.5 Å². The number of fused-ring (bicyclic) bond motifs is 1. The Balaban J connectivity index is 1.84. The van der Waals surface area contributed by atoms with Gasteiger partial charge in [-0.15, -0.1) is 16.4 Å². The van der Waals surface area contributed by atoms with E-state index in [-0.39, 0.29) is 17.9 Å². The molecule has 0 fully saturated rings. The number of methoxy groups -OCH3 is 1. The normalized spacial score (nSPS) is 11.6. The second-order valence-electron chi connectivity index (χ2n) is 6.54. The van der Waals surface area contributed by atoms with Crippen LogP contribution < -0.4 is 15.8 Å². The summed E-state index contributed by atoms with van der Waals surface area (Å²) < 4.78 is 32.6. The zero-order valence-electron chi connectivity index (χ0n) is 15.9. The van der Waals surface area contributed by atoms with Crippen LogP contribution in [-0.2, 0) is 12.5 Å². The van der Waals surface area contributed by atoms with Gasteiger partial charge in [0, 0.05) is 18.9 Å². The van der Waals surface area contributed by atoms with Gasteiger partial charge in [0.25, 0.3) is 11.8 Å². The minimum Gasteiger partial charge on any atom is -0.496 e. The Morgan fingerprint density at radius 1 is 1.32 bits per heavy atom. The number of hydrogen-bond acceptors (Lipinski definition) is 6. The number of carbonyl (C=O) groups is 1. The quantitative estimate of drug-likeness (QED) is 0.670. The van der Waals surface area contributed by atoms with Gasteiger partial charge in [-0.2, -0.15) is 5.10 Å². The van der Waals surface area contributed by atoms with Gasteiger partial charge in [0.1, 0.15) is 15.5 Å². The highest BCUT2D eigenvalue weighted by molar-refractivity contribution is 7.21. The molecule has 6 nitrogen and oxygen atoms in total. The molecule has 0 saturated heterocycles. The molecule has 0 unspecified atom stereocenters. The molecule has 0 aliphatic heterocycles. The van der Waals surface area contributed by atoms with Gasteiger partial charge < -0.3 is 15.8 Å². The molecular weight excluding hydrogens is 386 g/mol. The maximum absolute atomic E-state index is 13.8. The van der Waals surface area contributed by atoms with Crippen molar-refractivity contribution in [1.29, 1.82) is 0 Å². The number of carbonyl (C=O) groups excluding carboxylic acids is 1. The predicted octanol–water partition coefficient (Wildman–Crippen LogP) is 3.94. The van der Waals surface area contributed by atoms with E-state index >= 15 is 0 Å². The minimum absolute atomic E-state index is 0.0727. The Morgan fingerprint density at radius 3 is 2.68 bits per heavy atom. The molecule has 9 heteroatoms. The number of nitrogen functional groups attached to an aromatic ring is 1. The Hall–Kier alpha value is -2.81. The lowest BCUT2D eigenvalue weighted by atomic mass is 10.0. The van der Waals surface area contributed by atoms with Crippen LogP contribution in [0.15, 0.2) is 18.2 Å². The van der Waals surface area contributed by atoms with E-state index in [1.54, 1.807) is 6.07 Å². The highest BCUT2D eigenvalue weighted by Crippen LogP contribution is 2.36. The average Bonchev–Trinajstić information content (AvgIpc) is 2.99. The van der Waals surface area contributed by atoms with Crippen molar-refractivity contribution in [3.63, 3.8) is 0 Å². The highest BCUT2D eigenvalue weighted by Gasteiger charge is 2.29. The lowest BCUT2D eigenvalue weighted by molar-refractivity contribution is 0.0150. The first-order valence-electron chi connectivity index (χ1n) is 8.48. The molecule has 0 bridgehead atoms. The predicted molar refractivity (Wildman–Crippen MR) is 105 cm³/mol. The minimum atomic E-state index is -3.06. The number of aryl methyl sites for hydroxylation is 2. The van der Waals surface area contributed by atoms with Crippen LogP contribution in [0.2, 0.25) is 0 Å². The first-order chi connectivity index (χ1) is 13.1. The molecule has 3 N–H and O–H groups in total. The molecule has 28 heavy (non-hydrogen) atoms. The Bertz CT molecular complexity index is 1060. The van der Waals surface area contributed by atoms with Gasteiger partial charge in [0.05, 0.1) is 24.1 Å². The van der Waals surface area contributed by atoms with Crippen LogP contribution >= 0.6 is 11.3 Å². The van der Waals surface area contributed by atoms with Gasteiger partial charge >= 0.3 is 0 Å². The van der Waals surface area contributed by atoms with E-state index in [1.165, 1.54) is 19.2 Å². The number of thiophene rings is 1. The van der Waals surface area contributed by atoms with E-state index in [0.29, 0.717) is 21.0 Å². The largest absolute Gasteiger partial charge is 0.496 e. The number of anilines is 1. The number of nitrogens with zero attached hydrogens (tertiary/aromatic N) is 2. The smallest absolute Gasteiger partial charge is 0.274 e. The average molecular weight is 406 g/mol. The van der Waals surface area contributed by atoms with Crippen molar-refractivity contribution in [3.05, 3.63) is 45.5 Å². The Kier molecular flexibility index (Phi) is 5.20. The standard InChI is InChI=1S/C19H20F2N4O2S/c1-9-10(2)24-25-18-14(9)15(22)16(28-18)17(26)23-8-11-5-6-13(27-4)12(7-11)19(3,20)21/h5-7H,8,22H2,1-4H3,(H,23,26). The monoisotopic (exact) mass is 406 g/mol. The molecule has 2 heterocycles. The molecule has 1 amide bonds. The number of rotatable bonds is 5. The maximum Gasteiger partial charge on any atom is 0.274 e. The molecule has 0 spiro atoms. The van der Waals surface area contributed by atoms with Gasteiger partial charge in [-0.25, -0.2) is 8.78 Å². The van der Waals surface area contributed by atoms with E-state index in [2.05, 4.69) is 15.5 Å². The summed E-state index contributed by atoms with van der Waals surface area (Å²) in [5, 5.41) is 11.6. The third-order valence-electron chi connectivity index (χ3n) is 4.53. The van der Waals surface area contributed by atoms with Gasteiger partial charge in [-0.1, -0.05) is 6.07 Å². The van der Waals surface area contributed by atoms with Crippen molar-refractivity contribution >= 4 is 33.1 Å². The number of aromatic nitrogens is 2. The number of hydrogen-bond donors (Lipinski definition) is 2. The number of nitrogens with one attached hydrogen (secondary N) is 1. The Morgan fingerprint density at radius 2 is 2.04 bits per heavy atom. The topological polar surface area (TPSA) is 90.1 Å². The van der Waals surface area contributed by atoms with Crippen molar-refractivity contribution in [2.75, 3.05) is 12.8 Å². The zero-order valence-corrected chi connectivity index (χ0v) is 16.7. The van der Waals surface area contributed by atoms with Crippen molar-refractivity contribution in [3.8, 4) is 5.75 Å². The number of halogens is 2. The summed E-state index contributed by atoms with van der Waals surface area (Å²) in [5.74, 6) is -3.35. The number of ether oxygens (including phenoxy) is 1. The third-order valence-corrected chi connectivity index (χ3v) is 5.62. The molecule has 2 aromatic heterocycles. The maximum atomic E-state index is 13.8. The Labute approximate surface area is 164 Å². The number of alkyl halides is 2. The fourth-order valence-corrected chi connectivity index (χ4v) is 3.90. The van der Waals surface area contributed by atoms with E-state index in [9.17, 15) is 13.6 Å². The highest BCUT2D eigenvalue weighted by atomic mass is 32.1. The number of nitrogens with two attached hydrogens (primary N) is 1. The molecule has 0 saturated carbocycles. The number of benzene rings is 1. The van der Waals surface area contributed by atoms with Crippen LogP contribution in [0.5, 0.6) is 5.75 Å². The van der Waals surface area contributed by atoms with Crippen molar-refractivity contribution in [2.45, 2.75) is 33.2 Å². The molecule has 3 aromatic rings. The van der Waals surface area contributed by atoms with Crippen LogP contribution in [0.4, 0.5) is 14.5 Å². The fraction of sp³-hybridized carbons (Fsp3) is 0.316. The second-order valence-corrected chi connectivity index (χ2v) is 7.54. The molecule has 148 valence electrons. The van der Waals surface area contributed by atoms with E-state index in [1.807, 2.05) is 13.8 Å². The van der Waals surface area contributed by atoms with E-state index < -0.39 is 11.8 Å². The molecule has 3 rings (SSSR count). The fourth-order valence-electron chi connectivity index (χ4n) is 2.88. The summed E-state index contributed by atoms with van der Waals surface area (Å²) in [6.45, 7) is 4.57. The zero-order chi connectivity index (χ0) is 20.6. The van der Waals surface area contributed by atoms with E-state index in [0.717, 1.165) is 34.9 Å². The van der Waals surface area contributed by atoms with Crippen molar-refractivity contribution < 1.29 is 18.3 Å². The van der Waals surface area contributed by atoms with Crippen LogP contribution in [-0.4, -0.2) is 23.2 Å². The molecule has 1 aromatic carbocycles. The van der Waals surface area contributed by atoms with Gasteiger partial charge in [-0.3, -0.25) is 4.79 Å². The molecule has 0 aliphatic rings. The molecule has 0 atom stereocenters. The van der Waals surface area contributed by atoms with Crippen LogP contribution in [0.1, 0.15) is 39.0 Å². The summed E-state index contributed by atoms with van der Waals surface area (Å²) in [7, 11) is 1.34. The van der Waals surface area contributed by atoms with Crippen LogP contribution in [0.3, 0.4) is 0 Å². The summed E-state index contributed by atoms with van der Waals surface area (Å²) in [4.78, 5) is 13.5.